The predicted molar refractivity (Wildman–Crippen MR) is 90.9 cm³/mol. The number of aromatic nitrogens is 1. The monoisotopic (exact) mass is 359 g/mol. The predicted octanol–water partition coefficient (Wildman–Crippen LogP) is 3.34. The van der Waals surface area contributed by atoms with Gasteiger partial charge in [0.1, 0.15) is 0 Å². The number of benzene rings is 1. The number of thiazole rings is 1. The molecule has 1 heterocycles. The molecule has 0 spiro atoms. The first-order valence-corrected chi connectivity index (χ1v) is 9.48. The lowest BCUT2D eigenvalue weighted by atomic mass is 10.2. The molecule has 2 aromatic rings. The summed E-state index contributed by atoms with van der Waals surface area (Å²) in [4.78, 5) is 5.24. The number of sulfonamides is 1. The van der Waals surface area contributed by atoms with E-state index in [2.05, 4.69) is 15.0 Å². The SMILES string of the molecule is CC(C)CNS(=O)(=O)c1ccc(NCc2cnc(Cl)s2)cc1. The number of nitrogens with one attached hydrogen (secondary N) is 2. The number of hydrogen-bond donors (Lipinski definition) is 2. The maximum Gasteiger partial charge on any atom is 0.240 e. The van der Waals surface area contributed by atoms with Crippen LogP contribution in [0, 0.1) is 5.92 Å². The molecule has 5 nitrogen and oxygen atoms in total. The lowest BCUT2D eigenvalue weighted by Crippen LogP contribution is -2.27. The number of hydrogen-bond acceptors (Lipinski definition) is 5. The van der Waals surface area contributed by atoms with E-state index in [-0.39, 0.29) is 10.8 Å². The van der Waals surface area contributed by atoms with Crippen molar-refractivity contribution in [3.63, 3.8) is 0 Å². The van der Waals surface area contributed by atoms with E-state index in [0.29, 0.717) is 17.6 Å². The van der Waals surface area contributed by atoms with Crippen molar-refractivity contribution in [2.24, 2.45) is 5.92 Å². The van der Waals surface area contributed by atoms with E-state index in [1.54, 1.807) is 30.5 Å². The van der Waals surface area contributed by atoms with E-state index in [1.807, 2.05) is 13.8 Å². The molecule has 0 saturated carbocycles. The molecule has 1 aromatic carbocycles. The Hall–Kier alpha value is -1.15. The molecule has 8 heteroatoms. The lowest BCUT2D eigenvalue weighted by molar-refractivity contribution is 0.560. The highest BCUT2D eigenvalue weighted by molar-refractivity contribution is 7.89. The van der Waals surface area contributed by atoms with Gasteiger partial charge in [0.25, 0.3) is 0 Å². The van der Waals surface area contributed by atoms with Gasteiger partial charge in [0.2, 0.25) is 10.0 Å². The highest BCUT2D eigenvalue weighted by Crippen LogP contribution is 2.20. The molecule has 0 bridgehead atoms. The fourth-order valence-corrected chi connectivity index (χ4v) is 3.80. The summed E-state index contributed by atoms with van der Waals surface area (Å²) in [5.41, 5.74) is 0.840. The first-order valence-electron chi connectivity index (χ1n) is 6.80. The lowest BCUT2D eigenvalue weighted by Gasteiger charge is -2.10. The van der Waals surface area contributed by atoms with E-state index in [9.17, 15) is 8.42 Å². The normalized spacial score (nSPS) is 11.8. The van der Waals surface area contributed by atoms with Crippen LogP contribution >= 0.6 is 22.9 Å². The molecule has 2 N–H and O–H groups in total. The maximum absolute atomic E-state index is 12.1. The molecule has 0 fully saturated rings. The van der Waals surface area contributed by atoms with E-state index in [1.165, 1.54) is 11.3 Å². The number of halogens is 1. The van der Waals surface area contributed by atoms with Gasteiger partial charge in [0.05, 0.1) is 11.4 Å². The number of anilines is 1. The fraction of sp³-hybridized carbons (Fsp3) is 0.357. The minimum Gasteiger partial charge on any atom is -0.380 e. The van der Waals surface area contributed by atoms with E-state index in [0.717, 1.165) is 10.6 Å². The van der Waals surface area contributed by atoms with Gasteiger partial charge in [-0.3, -0.25) is 0 Å². The summed E-state index contributed by atoms with van der Waals surface area (Å²) in [5, 5.41) is 3.20. The third-order valence-electron chi connectivity index (χ3n) is 2.84. The molecule has 0 aliphatic heterocycles. The second-order valence-corrected chi connectivity index (χ2v) is 8.67. The number of rotatable bonds is 7. The summed E-state index contributed by atoms with van der Waals surface area (Å²) >= 11 is 7.18. The number of nitrogens with zero attached hydrogens (tertiary/aromatic N) is 1. The molecule has 2 rings (SSSR count). The average molecular weight is 360 g/mol. The van der Waals surface area contributed by atoms with Gasteiger partial charge in [0.15, 0.2) is 4.47 Å². The summed E-state index contributed by atoms with van der Waals surface area (Å²) < 4.78 is 27.2. The van der Waals surface area contributed by atoms with Crippen LogP contribution in [-0.2, 0) is 16.6 Å². The minimum atomic E-state index is -3.44. The van der Waals surface area contributed by atoms with Crippen LogP contribution in [0.5, 0.6) is 0 Å². The molecule has 120 valence electrons. The van der Waals surface area contributed by atoms with Gasteiger partial charge in [-0.1, -0.05) is 25.4 Å². The molecule has 0 amide bonds. The van der Waals surface area contributed by atoms with Crippen molar-refractivity contribution in [3.05, 3.63) is 39.8 Å². The zero-order valence-corrected chi connectivity index (χ0v) is 14.7. The molecule has 0 unspecified atom stereocenters. The third-order valence-corrected chi connectivity index (χ3v) is 5.39. The van der Waals surface area contributed by atoms with Gasteiger partial charge in [-0.05, 0) is 30.2 Å². The van der Waals surface area contributed by atoms with Crippen LogP contribution in [0.4, 0.5) is 5.69 Å². The molecule has 0 saturated heterocycles. The first kappa shape index (κ1) is 17.2. The van der Waals surface area contributed by atoms with Crippen LogP contribution < -0.4 is 10.0 Å². The van der Waals surface area contributed by atoms with Crippen molar-refractivity contribution in [2.75, 3.05) is 11.9 Å². The van der Waals surface area contributed by atoms with Gasteiger partial charge in [0, 0.05) is 23.3 Å². The topological polar surface area (TPSA) is 71.1 Å². The van der Waals surface area contributed by atoms with E-state index >= 15 is 0 Å². The minimum absolute atomic E-state index is 0.263. The second-order valence-electron chi connectivity index (χ2n) is 5.20. The van der Waals surface area contributed by atoms with Crippen LogP contribution in [0.1, 0.15) is 18.7 Å². The maximum atomic E-state index is 12.1. The van der Waals surface area contributed by atoms with Crippen molar-refractivity contribution in [1.82, 2.24) is 9.71 Å². The molecule has 0 aliphatic carbocycles. The smallest absolute Gasteiger partial charge is 0.240 e. The molecular formula is C14H18ClN3O2S2. The molecule has 0 atom stereocenters. The Morgan fingerprint density at radius 3 is 2.50 bits per heavy atom. The van der Waals surface area contributed by atoms with Crippen LogP contribution in [0.25, 0.3) is 0 Å². The van der Waals surface area contributed by atoms with Crippen LogP contribution in [0.2, 0.25) is 4.47 Å². The van der Waals surface area contributed by atoms with Crippen LogP contribution in [-0.4, -0.2) is 19.9 Å². The largest absolute Gasteiger partial charge is 0.380 e. The van der Waals surface area contributed by atoms with Crippen LogP contribution in [0.3, 0.4) is 0 Å². The summed E-state index contributed by atoms with van der Waals surface area (Å²) in [6.07, 6.45) is 1.72. The van der Waals surface area contributed by atoms with Gasteiger partial charge in [-0.25, -0.2) is 18.1 Å². The quantitative estimate of drug-likeness (QED) is 0.795. The third kappa shape index (κ3) is 4.95. The Morgan fingerprint density at radius 1 is 1.27 bits per heavy atom. The van der Waals surface area contributed by atoms with Crippen LogP contribution in [0.15, 0.2) is 35.4 Å². The van der Waals surface area contributed by atoms with E-state index in [4.69, 9.17) is 11.6 Å². The Labute approximate surface area is 139 Å². The average Bonchev–Trinajstić information content (AvgIpc) is 2.89. The Balaban J connectivity index is 1.97. The molecule has 0 radical (unpaired) electrons. The zero-order valence-electron chi connectivity index (χ0n) is 12.3. The van der Waals surface area contributed by atoms with Crippen molar-refractivity contribution >= 4 is 38.6 Å². The van der Waals surface area contributed by atoms with Crippen molar-refractivity contribution in [1.29, 1.82) is 0 Å². The summed E-state index contributed by atoms with van der Waals surface area (Å²) in [6.45, 7) is 4.94. The van der Waals surface area contributed by atoms with Crippen molar-refractivity contribution < 1.29 is 8.42 Å². The standard InChI is InChI=1S/C14H18ClN3O2S2/c1-10(2)7-18-22(19,20)13-5-3-11(4-6-13)16-8-12-9-17-14(15)21-12/h3-6,9-10,16,18H,7-8H2,1-2H3. The fourth-order valence-electron chi connectivity index (χ4n) is 1.67. The van der Waals surface area contributed by atoms with Crippen molar-refractivity contribution in [3.8, 4) is 0 Å². The summed E-state index contributed by atoms with van der Waals surface area (Å²) in [7, 11) is -3.44. The highest BCUT2D eigenvalue weighted by Gasteiger charge is 2.13. The van der Waals surface area contributed by atoms with E-state index < -0.39 is 10.0 Å². The second kappa shape index (κ2) is 7.41. The Bertz CT molecular complexity index is 712. The zero-order chi connectivity index (χ0) is 16.2. The highest BCUT2D eigenvalue weighted by atomic mass is 35.5. The first-order chi connectivity index (χ1) is 10.4. The van der Waals surface area contributed by atoms with Gasteiger partial charge >= 0.3 is 0 Å². The Kier molecular flexibility index (Phi) is 5.80. The Morgan fingerprint density at radius 2 is 1.95 bits per heavy atom. The molecular weight excluding hydrogens is 342 g/mol. The van der Waals surface area contributed by atoms with Gasteiger partial charge in [-0.2, -0.15) is 0 Å². The van der Waals surface area contributed by atoms with Crippen molar-refractivity contribution in [2.45, 2.75) is 25.3 Å². The summed E-state index contributed by atoms with van der Waals surface area (Å²) in [5.74, 6) is 0.266. The van der Waals surface area contributed by atoms with Gasteiger partial charge < -0.3 is 5.32 Å². The molecule has 1 aromatic heterocycles. The summed E-state index contributed by atoms with van der Waals surface area (Å²) in [6, 6.07) is 6.66. The van der Waals surface area contributed by atoms with Gasteiger partial charge in [-0.15, -0.1) is 11.3 Å². The molecule has 22 heavy (non-hydrogen) atoms. The molecule has 0 aliphatic rings.